The lowest BCUT2D eigenvalue weighted by molar-refractivity contribution is -0.00489. The van der Waals surface area contributed by atoms with Crippen molar-refractivity contribution in [2.24, 2.45) is 11.1 Å². The van der Waals surface area contributed by atoms with Crippen molar-refractivity contribution in [2.75, 3.05) is 0 Å². The van der Waals surface area contributed by atoms with Gasteiger partial charge in [0.2, 0.25) is 5.92 Å². The number of hydrogen-bond donors (Lipinski definition) is 1. The van der Waals surface area contributed by atoms with E-state index in [1.165, 1.54) is 6.92 Å². The van der Waals surface area contributed by atoms with Crippen LogP contribution >= 0.6 is 0 Å². The smallest absolute Gasteiger partial charge is 0.289 e. The highest BCUT2D eigenvalue weighted by atomic mass is 19.3. The Morgan fingerprint density at radius 2 is 2.00 bits per heavy atom. The fraction of sp³-hybridized carbons (Fsp3) is 0.714. The van der Waals surface area contributed by atoms with Crippen molar-refractivity contribution in [2.45, 2.75) is 58.4 Å². The van der Waals surface area contributed by atoms with Gasteiger partial charge < -0.3 is 5.73 Å². The van der Waals surface area contributed by atoms with Crippen LogP contribution in [0.3, 0.4) is 0 Å². The van der Waals surface area contributed by atoms with Crippen molar-refractivity contribution in [3.8, 4) is 0 Å². The maximum atomic E-state index is 13.6. The van der Waals surface area contributed by atoms with Crippen molar-refractivity contribution in [3.05, 3.63) is 17.0 Å². The first-order chi connectivity index (χ1) is 9.85. The van der Waals surface area contributed by atoms with Gasteiger partial charge in [-0.2, -0.15) is 13.9 Å². The van der Waals surface area contributed by atoms with Crippen LogP contribution < -0.4 is 5.73 Å². The molecule has 1 amide bonds. The monoisotopic (exact) mass is 321 g/mol. The highest BCUT2D eigenvalue weighted by molar-refractivity contribution is 5.92. The molecule has 0 bridgehead atoms. The molecule has 1 aliphatic carbocycles. The molecule has 1 aliphatic rings. The lowest BCUT2D eigenvalue weighted by Crippen LogP contribution is -2.27. The van der Waals surface area contributed by atoms with E-state index in [4.69, 9.17) is 5.73 Å². The van der Waals surface area contributed by atoms with E-state index in [0.29, 0.717) is 6.92 Å². The molecule has 1 aromatic rings. The van der Waals surface area contributed by atoms with E-state index in [1.54, 1.807) is 6.92 Å². The summed E-state index contributed by atoms with van der Waals surface area (Å²) in [6, 6.07) is 0. The molecule has 0 aromatic carbocycles. The molecule has 0 radical (unpaired) electrons. The van der Waals surface area contributed by atoms with Gasteiger partial charge in [0.25, 0.3) is 11.8 Å². The predicted octanol–water partition coefficient (Wildman–Crippen LogP) is 3.23. The number of primary amides is 1. The van der Waals surface area contributed by atoms with Crippen LogP contribution in [0.25, 0.3) is 0 Å². The molecule has 124 valence electrons. The molecule has 1 atom stereocenters. The first-order valence-corrected chi connectivity index (χ1v) is 6.98. The minimum absolute atomic E-state index is 0.00615. The summed E-state index contributed by atoms with van der Waals surface area (Å²) < 4.78 is 55.0. The predicted molar refractivity (Wildman–Crippen MR) is 72.0 cm³/mol. The van der Waals surface area contributed by atoms with Gasteiger partial charge in [0.1, 0.15) is 11.4 Å². The summed E-state index contributed by atoms with van der Waals surface area (Å²) in [4.78, 5) is 11.6. The maximum absolute atomic E-state index is 13.6. The van der Waals surface area contributed by atoms with Crippen LogP contribution in [0, 0.1) is 12.3 Å². The number of halogens is 4. The van der Waals surface area contributed by atoms with E-state index < -0.39 is 28.9 Å². The fourth-order valence-electron chi connectivity index (χ4n) is 3.18. The lowest BCUT2D eigenvalue weighted by atomic mass is 9.88. The average molecular weight is 321 g/mol. The maximum Gasteiger partial charge on any atom is 0.289 e. The van der Waals surface area contributed by atoms with Crippen molar-refractivity contribution >= 4 is 5.91 Å². The highest BCUT2D eigenvalue weighted by Crippen LogP contribution is 2.48. The molecule has 1 aromatic heterocycles. The fourth-order valence-corrected chi connectivity index (χ4v) is 3.18. The zero-order valence-electron chi connectivity index (χ0n) is 12.7. The third-order valence-electron chi connectivity index (χ3n) is 4.15. The van der Waals surface area contributed by atoms with Crippen LogP contribution in [0.2, 0.25) is 0 Å². The SMILES string of the molecule is Cc1c(C(C)(F)F)nn(CC2(C)CCC(F)(F)C2)c1C(N)=O. The Bertz CT molecular complexity index is 606. The quantitative estimate of drug-likeness (QED) is 0.866. The third kappa shape index (κ3) is 3.10. The van der Waals surface area contributed by atoms with Gasteiger partial charge >= 0.3 is 0 Å². The van der Waals surface area contributed by atoms with E-state index in [1.807, 2.05) is 0 Å². The van der Waals surface area contributed by atoms with Gasteiger partial charge in [0.05, 0.1) is 0 Å². The van der Waals surface area contributed by atoms with Crippen molar-refractivity contribution < 1.29 is 22.4 Å². The number of amides is 1. The Morgan fingerprint density at radius 3 is 2.41 bits per heavy atom. The first-order valence-electron chi connectivity index (χ1n) is 6.98. The van der Waals surface area contributed by atoms with E-state index in [0.717, 1.165) is 4.68 Å². The molecular weight excluding hydrogens is 302 g/mol. The molecule has 1 heterocycles. The minimum atomic E-state index is -3.24. The Labute approximate surface area is 125 Å². The van der Waals surface area contributed by atoms with Gasteiger partial charge in [-0.05, 0) is 18.8 Å². The second-order valence-electron chi connectivity index (χ2n) is 6.58. The summed E-state index contributed by atoms with van der Waals surface area (Å²) in [6.45, 7) is 3.60. The van der Waals surface area contributed by atoms with Crippen LogP contribution in [-0.4, -0.2) is 21.6 Å². The summed E-state index contributed by atoms with van der Waals surface area (Å²) in [5.74, 6) is -6.91. The normalized spacial score (nSPS) is 24.7. The summed E-state index contributed by atoms with van der Waals surface area (Å²) in [7, 11) is 0. The van der Waals surface area contributed by atoms with Gasteiger partial charge in [0.15, 0.2) is 0 Å². The molecule has 0 aliphatic heterocycles. The molecule has 2 N–H and O–H groups in total. The molecule has 22 heavy (non-hydrogen) atoms. The molecule has 0 saturated heterocycles. The number of rotatable bonds is 4. The van der Waals surface area contributed by atoms with Crippen LogP contribution in [0.1, 0.15) is 54.9 Å². The number of hydrogen-bond acceptors (Lipinski definition) is 2. The van der Waals surface area contributed by atoms with E-state index >= 15 is 0 Å². The Kier molecular flexibility index (Phi) is 3.78. The second-order valence-corrected chi connectivity index (χ2v) is 6.58. The number of alkyl halides is 4. The topological polar surface area (TPSA) is 60.9 Å². The van der Waals surface area contributed by atoms with Gasteiger partial charge in [-0.25, -0.2) is 8.78 Å². The van der Waals surface area contributed by atoms with E-state index in [2.05, 4.69) is 5.10 Å². The molecule has 1 fully saturated rings. The van der Waals surface area contributed by atoms with Crippen LogP contribution in [0.15, 0.2) is 0 Å². The third-order valence-corrected chi connectivity index (χ3v) is 4.15. The van der Waals surface area contributed by atoms with Crippen molar-refractivity contribution in [1.82, 2.24) is 9.78 Å². The van der Waals surface area contributed by atoms with E-state index in [-0.39, 0.29) is 37.1 Å². The number of aromatic nitrogens is 2. The van der Waals surface area contributed by atoms with Crippen LogP contribution in [-0.2, 0) is 12.5 Å². The van der Waals surface area contributed by atoms with Crippen LogP contribution in [0.5, 0.6) is 0 Å². The Hall–Kier alpha value is -1.60. The Balaban J connectivity index is 2.41. The number of nitrogens with zero attached hydrogens (tertiary/aromatic N) is 2. The average Bonchev–Trinajstić information content (AvgIpc) is 2.75. The zero-order chi connectivity index (χ0) is 16.9. The molecular formula is C14H19F4N3O. The molecule has 2 rings (SSSR count). The second kappa shape index (κ2) is 4.96. The van der Waals surface area contributed by atoms with Crippen LogP contribution in [0.4, 0.5) is 17.6 Å². The lowest BCUT2D eigenvalue weighted by Gasteiger charge is -2.24. The summed E-state index contributed by atoms with van der Waals surface area (Å²) in [6.07, 6.45) is -0.392. The standard InChI is InChI=1S/C14H19F4N3O/c1-8-9(11(19)22)21(20-10(8)13(3,15)16)7-12(2)4-5-14(17,18)6-12/h4-7H2,1-3H3,(H2,19,22). The molecule has 0 spiro atoms. The first kappa shape index (κ1) is 16.8. The summed E-state index contributed by atoms with van der Waals surface area (Å²) in [5.41, 5.74) is 3.74. The Morgan fingerprint density at radius 1 is 1.41 bits per heavy atom. The van der Waals surface area contributed by atoms with Crippen molar-refractivity contribution in [1.29, 1.82) is 0 Å². The van der Waals surface area contributed by atoms with E-state index in [9.17, 15) is 22.4 Å². The summed E-state index contributed by atoms with van der Waals surface area (Å²) >= 11 is 0. The van der Waals surface area contributed by atoms with Gasteiger partial charge in [0, 0.05) is 31.9 Å². The van der Waals surface area contributed by atoms with Crippen molar-refractivity contribution in [3.63, 3.8) is 0 Å². The number of carbonyl (C=O) groups excluding carboxylic acids is 1. The number of nitrogens with two attached hydrogens (primary N) is 1. The molecule has 1 unspecified atom stereocenters. The van der Waals surface area contributed by atoms with Gasteiger partial charge in [-0.15, -0.1) is 0 Å². The zero-order valence-corrected chi connectivity index (χ0v) is 12.7. The molecule has 1 saturated carbocycles. The largest absolute Gasteiger partial charge is 0.364 e. The van der Waals surface area contributed by atoms with Gasteiger partial charge in [-0.1, -0.05) is 6.92 Å². The number of carbonyl (C=O) groups is 1. The molecule has 8 heteroatoms. The van der Waals surface area contributed by atoms with Gasteiger partial charge in [-0.3, -0.25) is 9.48 Å². The minimum Gasteiger partial charge on any atom is -0.364 e. The summed E-state index contributed by atoms with van der Waals surface area (Å²) in [5, 5.41) is 3.78. The molecule has 4 nitrogen and oxygen atoms in total. The highest BCUT2D eigenvalue weighted by Gasteiger charge is 2.47.